The summed E-state index contributed by atoms with van der Waals surface area (Å²) in [6, 6.07) is 0. The molecule has 17 N–H and O–H groups in total. The van der Waals surface area contributed by atoms with Gasteiger partial charge in [0.2, 0.25) is 0 Å². The molecule has 0 spiro atoms. The van der Waals surface area contributed by atoms with Crippen LogP contribution in [-0.2, 0) is 14.4 Å². The molecule has 0 aromatic heterocycles. The molecule has 0 saturated heterocycles. The number of nitrogens with zero attached hydrogens (tertiary/aromatic N) is 4. The summed E-state index contributed by atoms with van der Waals surface area (Å²) in [5.41, 5.74) is -1.14. The highest BCUT2D eigenvalue weighted by molar-refractivity contribution is 14.1. The number of aliphatic hydroxyl groups excluding tert-OH is 12. The molecule has 500 valence electrons. The molecule has 6 unspecified atom stereocenters. The lowest BCUT2D eigenvalue weighted by atomic mass is 10.1. The highest BCUT2D eigenvalue weighted by Gasteiger charge is 2.36. The van der Waals surface area contributed by atoms with Gasteiger partial charge in [0.1, 0.15) is 0 Å². The molecular weight excluding hydrogens is 2220 g/mol. The number of hydrogen-bond donors (Lipinski definition) is 17. The molecule has 0 bridgehead atoms. The Morgan fingerprint density at radius 1 is 0.356 bits per heavy atom. The minimum absolute atomic E-state index is 0.0345. The predicted octanol–water partition coefficient (Wildman–Crippen LogP) is -0.639. The van der Waals surface area contributed by atoms with E-state index in [9.17, 15) is 99.6 Å². The molecule has 30 nitrogen and oxygen atoms in total. The van der Waals surface area contributed by atoms with Crippen LogP contribution < -0.4 is 26.6 Å². The highest BCUT2D eigenvalue weighted by atomic mass is 127. The number of nitrogens with one attached hydrogen (secondary N) is 5. The zero-order valence-electron chi connectivity index (χ0n) is 47.3. The quantitative estimate of drug-likeness (QED) is 0.0273. The summed E-state index contributed by atoms with van der Waals surface area (Å²) in [7, 11) is 3.96. The third-order valence-corrected chi connectivity index (χ3v) is 22.3. The van der Waals surface area contributed by atoms with E-state index in [2.05, 4.69) is 26.6 Å². The summed E-state index contributed by atoms with van der Waals surface area (Å²) in [4.78, 5) is 130. The molecule has 0 heterocycles. The number of anilines is 3. The van der Waals surface area contributed by atoms with E-state index >= 15 is 4.79 Å². The molecule has 90 heavy (non-hydrogen) atoms. The number of hydrogen-bond acceptors (Lipinski definition) is 21. The summed E-state index contributed by atoms with van der Waals surface area (Å²) in [5, 5.41) is 131. The Morgan fingerprint density at radius 3 is 0.833 bits per heavy atom. The summed E-state index contributed by atoms with van der Waals surface area (Å²) in [5.74, 6) is -7.94. The Morgan fingerprint density at radius 2 is 0.589 bits per heavy atom. The molecule has 6 atom stereocenters. The molecule has 9 amide bonds. The Hall–Kier alpha value is -1.02. The number of carbonyl (C=O) groups excluding carboxylic acids is 9. The zero-order valence-corrected chi connectivity index (χ0v) is 66.7. The number of carbonyl (C=O) groups is 9. The predicted molar refractivity (Wildman–Crippen MR) is 399 cm³/mol. The smallest absolute Gasteiger partial charge is 0.256 e. The van der Waals surface area contributed by atoms with Gasteiger partial charge in [-0.05, 0) is 216 Å². The SMILES string of the molecule is CN(CC(O)CO)C(=O)c1c(I)c(NC(=O)C(O)CO)c(I)c(C(=O)NCCCN(CCCNC(=O)c2c(I)c(NC(=O)C(O)CO)c(I)c(C(=O)N(C)CC(O)CO)c2I)C(=O)c2c(I)c(NC(=O)C(O)CO)c(I)c(C(=O)N(C)CC(O)CO)c2I)c1I. The maximum Gasteiger partial charge on any atom is 0.256 e. The first kappa shape index (κ1) is 83.2. The van der Waals surface area contributed by atoms with Crippen molar-refractivity contribution in [2.24, 2.45) is 0 Å². The normalized spacial score (nSPS) is 13.2. The Balaban J connectivity index is 2.25. The number of aliphatic hydroxyl groups is 12. The molecule has 39 heteroatoms. The zero-order chi connectivity index (χ0) is 68.5. The minimum atomic E-state index is -1.96. The van der Waals surface area contributed by atoms with Crippen molar-refractivity contribution < 1.29 is 104 Å². The van der Waals surface area contributed by atoms with Crippen LogP contribution >= 0.6 is 203 Å². The average Bonchev–Trinajstić information content (AvgIpc) is 0.791. The largest absolute Gasteiger partial charge is 0.394 e. The lowest BCUT2D eigenvalue weighted by molar-refractivity contribution is -0.126. The summed E-state index contributed by atoms with van der Waals surface area (Å²) >= 11 is 15.8. The maximum absolute atomic E-state index is 15.4. The topological polar surface area (TPSA) is 470 Å². The molecule has 0 fully saturated rings. The fraction of sp³-hybridized carbons (Fsp3) is 0.471. The molecule has 3 rings (SSSR count). The lowest BCUT2D eigenvalue weighted by Crippen LogP contribution is -2.40. The minimum Gasteiger partial charge on any atom is -0.394 e. The van der Waals surface area contributed by atoms with Crippen LogP contribution in [-0.4, -0.2) is 277 Å². The van der Waals surface area contributed by atoms with Crippen molar-refractivity contribution in [2.45, 2.75) is 49.5 Å². The van der Waals surface area contributed by atoms with Crippen LogP contribution in [0.25, 0.3) is 0 Å². The van der Waals surface area contributed by atoms with E-state index in [4.69, 9.17) is 0 Å². The van der Waals surface area contributed by atoms with Crippen molar-refractivity contribution in [3.05, 3.63) is 65.5 Å². The number of benzene rings is 3. The third kappa shape index (κ3) is 21.5. The van der Waals surface area contributed by atoms with Gasteiger partial charge in [-0.25, -0.2) is 0 Å². The molecule has 0 aliphatic heterocycles. The number of likely N-dealkylation sites (N-methyl/N-ethyl adjacent to an activating group) is 3. The summed E-state index contributed by atoms with van der Waals surface area (Å²) in [6.45, 7) is -7.00. The Kier molecular flexibility index (Phi) is 36.4. The molecule has 3 aromatic carbocycles. The maximum atomic E-state index is 15.4. The average molecular weight is 2280 g/mol. The fourth-order valence-corrected chi connectivity index (χ4v) is 21.0. The van der Waals surface area contributed by atoms with Gasteiger partial charge in [0, 0.05) is 77.7 Å². The summed E-state index contributed by atoms with van der Waals surface area (Å²) in [6.07, 6.45) is -9.97. The van der Waals surface area contributed by atoms with Crippen LogP contribution in [0.4, 0.5) is 17.1 Å². The first-order valence-electron chi connectivity index (χ1n) is 26.0. The Bertz CT molecular complexity index is 3050. The van der Waals surface area contributed by atoms with Crippen LogP contribution in [0.3, 0.4) is 0 Å². The van der Waals surface area contributed by atoms with Crippen LogP contribution in [0.2, 0.25) is 0 Å². The standard InChI is InChI=1S/C51H62I9N9O21/c1-66(10-19(76)13-70)48(87)27-31(52)25(34(55)40(36(27)57)63-43(82)22(79)16-73)46(85)61-6-4-8-69(51(90)30-33(54)29(50(89)68(3)12-21(78)15-72)38(59)42(39(30)60)65-45(84)24(81)18-75)9-5-7-62-47(86)26-32(53)28(49(88)67(2)11-20(77)14-71)37(58)41(35(26)56)64-44(83)23(80)17-74/h19-24,70-81H,4-18H2,1-3H3,(H,61,85)(H,62,86)(H,63,82)(H,64,83)(H,65,84). The molecule has 3 aromatic rings. The fourth-order valence-electron chi connectivity index (χ4n) is 7.88. The van der Waals surface area contributed by atoms with Crippen molar-refractivity contribution in [1.29, 1.82) is 0 Å². The number of amides is 9. The van der Waals surface area contributed by atoms with Crippen molar-refractivity contribution >= 4 is 274 Å². The van der Waals surface area contributed by atoms with Crippen LogP contribution in [0.15, 0.2) is 0 Å². The van der Waals surface area contributed by atoms with E-state index in [0.29, 0.717) is 0 Å². The van der Waals surface area contributed by atoms with Crippen molar-refractivity contribution in [1.82, 2.24) is 30.2 Å². The van der Waals surface area contributed by atoms with Gasteiger partial charge >= 0.3 is 0 Å². The van der Waals surface area contributed by atoms with E-state index in [1.807, 2.05) is 0 Å². The summed E-state index contributed by atoms with van der Waals surface area (Å²) < 4.78 is 0.717. The van der Waals surface area contributed by atoms with Gasteiger partial charge in [0.25, 0.3) is 53.2 Å². The highest BCUT2D eigenvalue weighted by Crippen LogP contribution is 2.40. The molecule has 0 aliphatic carbocycles. The van der Waals surface area contributed by atoms with Crippen molar-refractivity contribution in [3.8, 4) is 0 Å². The van der Waals surface area contributed by atoms with Crippen LogP contribution in [0.1, 0.15) is 75.0 Å². The monoisotopic (exact) mass is 2280 g/mol. The first-order valence-corrected chi connectivity index (χ1v) is 35.8. The van der Waals surface area contributed by atoms with Gasteiger partial charge < -0.3 is 107 Å². The van der Waals surface area contributed by atoms with Gasteiger partial charge in [-0.2, -0.15) is 0 Å². The van der Waals surface area contributed by atoms with Crippen molar-refractivity contribution in [2.75, 3.05) is 123 Å². The van der Waals surface area contributed by atoms with Crippen LogP contribution in [0.5, 0.6) is 0 Å². The first-order chi connectivity index (χ1) is 42.1. The van der Waals surface area contributed by atoms with Gasteiger partial charge in [0.05, 0.1) is 130 Å². The van der Waals surface area contributed by atoms with E-state index in [1.165, 1.54) is 26.0 Å². The number of halogens is 9. The van der Waals surface area contributed by atoms with Crippen LogP contribution in [0, 0.1) is 32.1 Å². The molecule has 0 saturated carbocycles. The Labute approximate surface area is 637 Å². The van der Waals surface area contributed by atoms with E-state index in [1.54, 1.807) is 203 Å². The third-order valence-electron chi connectivity index (χ3n) is 12.6. The van der Waals surface area contributed by atoms with Gasteiger partial charge in [0.15, 0.2) is 18.3 Å². The van der Waals surface area contributed by atoms with Gasteiger partial charge in [-0.15, -0.1) is 0 Å². The molecular formula is C51H62I9N9O21. The van der Waals surface area contributed by atoms with Crippen molar-refractivity contribution in [3.63, 3.8) is 0 Å². The second kappa shape index (κ2) is 39.4. The van der Waals surface area contributed by atoms with Gasteiger partial charge in [-0.3, -0.25) is 43.2 Å². The lowest BCUT2D eigenvalue weighted by Gasteiger charge is -2.28. The van der Waals surface area contributed by atoms with E-state index in [0.717, 1.165) is 14.7 Å². The molecule has 0 radical (unpaired) electrons. The second-order valence-corrected chi connectivity index (χ2v) is 29.0. The van der Waals surface area contributed by atoms with Gasteiger partial charge in [-0.1, -0.05) is 0 Å². The van der Waals surface area contributed by atoms with E-state index in [-0.39, 0.29) is 141 Å². The molecule has 0 aliphatic rings. The second-order valence-electron chi connectivity index (χ2n) is 19.3. The van der Waals surface area contributed by atoms with E-state index < -0.39 is 129 Å². The number of rotatable bonds is 32.